The third-order valence-corrected chi connectivity index (χ3v) is 4.05. The molecule has 0 radical (unpaired) electrons. The molecule has 1 aromatic rings. The molecule has 0 aromatic heterocycles. The Bertz CT molecular complexity index is 659. The Kier molecular flexibility index (Phi) is 5.78. The summed E-state index contributed by atoms with van der Waals surface area (Å²) in [5, 5.41) is 22.9. The number of nitrogens with one attached hydrogen (secondary N) is 1. The summed E-state index contributed by atoms with van der Waals surface area (Å²) in [6.07, 6.45) is -1.59. The number of halogens is 2. The smallest absolute Gasteiger partial charge is 0.407 e. The summed E-state index contributed by atoms with van der Waals surface area (Å²) in [4.78, 5) is 22.5. The minimum atomic E-state index is -1.07. The standard InChI is InChI=1S/C13H15BrFN3O6/c1-23-9-4-8(14)10(15)12(18(21)22)11(9)16-5-7-6-17(13(19)20)2-3-24-7/h4,7,16H,2-3,5-6H2,1H3,(H,19,20)/t7-/m1/s1. The number of nitro groups is 1. The fraction of sp³-hybridized carbons (Fsp3) is 0.462. The van der Waals surface area contributed by atoms with E-state index >= 15 is 0 Å². The molecule has 2 rings (SSSR count). The van der Waals surface area contributed by atoms with Crippen LogP contribution in [-0.2, 0) is 4.74 Å². The van der Waals surface area contributed by atoms with Gasteiger partial charge in [0.05, 0.1) is 35.8 Å². The minimum absolute atomic E-state index is 0.0576. The highest BCUT2D eigenvalue weighted by atomic mass is 79.9. The molecule has 132 valence electrons. The molecular weight excluding hydrogens is 393 g/mol. The van der Waals surface area contributed by atoms with E-state index in [4.69, 9.17) is 14.6 Å². The number of carbonyl (C=O) groups is 1. The van der Waals surface area contributed by atoms with Crippen LogP contribution in [0.5, 0.6) is 5.75 Å². The molecule has 1 amide bonds. The van der Waals surface area contributed by atoms with E-state index in [1.807, 2.05) is 0 Å². The maximum atomic E-state index is 14.1. The predicted molar refractivity (Wildman–Crippen MR) is 85.1 cm³/mol. The normalized spacial score (nSPS) is 17.5. The van der Waals surface area contributed by atoms with Crippen molar-refractivity contribution >= 4 is 33.4 Å². The molecule has 1 aliphatic rings. The number of hydrogen-bond acceptors (Lipinski definition) is 6. The minimum Gasteiger partial charge on any atom is -0.494 e. The molecule has 9 nitrogen and oxygen atoms in total. The van der Waals surface area contributed by atoms with Gasteiger partial charge in [-0.15, -0.1) is 0 Å². The van der Waals surface area contributed by atoms with Crippen molar-refractivity contribution < 1.29 is 28.7 Å². The fourth-order valence-electron chi connectivity index (χ4n) is 2.33. The molecule has 1 saturated heterocycles. The van der Waals surface area contributed by atoms with Gasteiger partial charge in [0.1, 0.15) is 5.75 Å². The second-order valence-electron chi connectivity index (χ2n) is 4.96. The number of ether oxygens (including phenoxy) is 2. The first-order valence-corrected chi connectivity index (χ1v) is 7.68. The molecule has 0 aliphatic carbocycles. The fourth-order valence-corrected chi connectivity index (χ4v) is 2.72. The molecular formula is C13H15BrFN3O6. The van der Waals surface area contributed by atoms with Crippen molar-refractivity contribution in [3.63, 3.8) is 0 Å². The van der Waals surface area contributed by atoms with Crippen molar-refractivity contribution in [2.24, 2.45) is 0 Å². The van der Waals surface area contributed by atoms with Crippen LogP contribution < -0.4 is 10.1 Å². The van der Waals surface area contributed by atoms with Crippen molar-refractivity contribution in [2.75, 3.05) is 38.7 Å². The van der Waals surface area contributed by atoms with Gasteiger partial charge in [-0.05, 0) is 22.0 Å². The van der Waals surface area contributed by atoms with Crippen LogP contribution in [0.15, 0.2) is 10.5 Å². The number of methoxy groups -OCH3 is 1. The van der Waals surface area contributed by atoms with Gasteiger partial charge in [0.25, 0.3) is 0 Å². The van der Waals surface area contributed by atoms with Gasteiger partial charge in [0, 0.05) is 13.1 Å². The number of hydrogen-bond donors (Lipinski definition) is 2. The lowest BCUT2D eigenvalue weighted by Crippen LogP contribution is -2.47. The molecule has 24 heavy (non-hydrogen) atoms. The van der Waals surface area contributed by atoms with E-state index in [1.165, 1.54) is 18.1 Å². The average Bonchev–Trinajstić information content (AvgIpc) is 2.55. The third kappa shape index (κ3) is 3.85. The van der Waals surface area contributed by atoms with Crippen LogP contribution in [0.4, 0.5) is 20.6 Å². The summed E-state index contributed by atoms with van der Waals surface area (Å²) in [6, 6.07) is 1.27. The van der Waals surface area contributed by atoms with E-state index in [1.54, 1.807) is 0 Å². The second kappa shape index (κ2) is 7.62. The van der Waals surface area contributed by atoms with Gasteiger partial charge in [-0.3, -0.25) is 10.1 Å². The van der Waals surface area contributed by atoms with Gasteiger partial charge in [-0.1, -0.05) is 0 Å². The average molecular weight is 408 g/mol. The zero-order valence-corrected chi connectivity index (χ0v) is 14.2. The van der Waals surface area contributed by atoms with E-state index in [9.17, 15) is 19.3 Å². The topological polar surface area (TPSA) is 114 Å². The van der Waals surface area contributed by atoms with Gasteiger partial charge in [0.2, 0.25) is 5.82 Å². The molecule has 1 fully saturated rings. The zero-order valence-electron chi connectivity index (χ0n) is 12.6. The molecule has 1 aliphatic heterocycles. The quantitative estimate of drug-likeness (QED) is 0.568. The number of anilines is 1. The predicted octanol–water partition coefficient (Wildman–Crippen LogP) is 2.30. The Labute approximate surface area is 144 Å². The van der Waals surface area contributed by atoms with Crippen LogP contribution in [0, 0.1) is 15.9 Å². The highest BCUT2D eigenvalue weighted by Crippen LogP contribution is 2.40. The van der Waals surface area contributed by atoms with Crippen LogP contribution >= 0.6 is 15.9 Å². The van der Waals surface area contributed by atoms with E-state index in [0.717, 1.165) is 0 Å². The lowest BCUT2D eigenvalue weighted by atomic mass is 10.2. The maximum Gasteiger partial charge on any atom is 0.407 e. The molecule has 1 atom stereocenters. The Morgan fingerprint density at radius 1 is 1.71 bits per heavy atom. The lowest BCUT2D eigenvalue weighted by molar-refractivity contribution is -0.386. The summed E-state index contributed by atoms with van der Waals surface area (Å²) < 4.78 is 24.5. The Morgan fingerprint density at radius 2 is 2.42 bits per heavy atom. The van der Waals surface area contributed by atoms with Crippen molar-refractivity contribution in [1.29, 1.82) is 0 Å². The number of morpholine rings is 1. The molecule has 1 heterocycles. The Morgan fingerprint density at radius 3 is 3.00 bits per heavy atom. The van der Waals surface area contributed by atoms with E-state index in [2.05, 4.69) is 21.2 Å². The van der Waals surface area contributed by atoms with Gasteiger partial charge in [-0.25, -0.2) is 4.79 Å². The van der Waals surface area contributed by atoms with Gasteiger partial charge >= 0.3 is 11.8 Å². The number of rotatable bonds is 5. The van der Waals surface area contributed by atoms with Crippen LogP contribution in [0.2, 0.25) is 0 Å². The summed E-state index contributed by atoms with van der Waals surface area (Å²) in [7, 11) is 1.30. The van der Waals surface area contributed by atoms with Crippen LogP contribution in [0.3, 0.4) is 0 Å². The number of nitro benzene ring substituents is 1. The molecule has 11 heteroatoms. The molecule has 0 saturated carbocycles. The summed E-state index contributed by atoms with van der Waals surface area (Å²) >= 11 is 2.91. The van der Waals surface area contributed by atoms with Gasteiger partial charge in [-0.2, -0.15) is 4.39 Å². The molecule has 2 N–H and O–H groups in total. The molecule has 0 unspecified atom stereocenters. The van der Waals surface area contributed by atoms with Crippen molar-refractivity contribution in [3.8, 4) is 5.75 Å². The molecule has 0 spiro atoms. The number of nitrogens with zero attached hydrogens (tertiary/aromatic N) is 2. The van der Waals surface area contributed by atoms with E-state index in [-0.39, 0.29) is 42.2 Å². The first kappa shape index (κ1) is 18.2. The van der Waals surface area contributed by atoms with Crippen LogP contribution in [0.25, 0.3) is 0 Å². The summed E-state index contributed by atoms with van der Waals surface area (Å²) in [5.74, 6) is -0.944. The summed E-state index contributed by atoms with van der Waals surface area (Å²) in [6.45, 7) is 0.633. The lowest BCUT2D eigenvalue weighted by Gasteiger charge is -2.31. The first-order chi connectivity index (χ1) is 11.3. The number of benzene rings is 1. The van der Waals surface area contributed by atoms with Gasteiger partial charge < -0.3 is 24.8 Å². The first-order valence-electron chi connectivity index (χ1n) is 6.88. The monoisotopic (exact) mass is 407 g/mol. The SMILES string of the molecule is COc1cc(Br)c(F)c([N+](=O)[O-])c1NC[C@@H]1CN(C(=O)O)CCO1. The highest BCUT2D eigenvalue weighted by Gasteiger charge is 2.29. The van der Waals surface area contributed by atoms with Crippen molar-refractivity contribution in [2.45, 2.75) is 6.10 Å². The van der Waals surface area contributed by atoms with Crippen LogP contribution in [-0.4, -0.2) is 60.5 Å². The molecule has 0 bridgehead atoms. The van der Waals surface area contributed by atoms with Crippen molar-refractivity contribution in [3.05, 3.63) is 26.5 Å². The summed E-state index contributed by atoms with van der Waals surface area (Å²) in [5.41, 5.74) is -0.883. The zero-order chi connectivity index (χ0) is 17.9. The van der Waals surface area contributed by atoms with E-state index < -0.39 is 28.6 Å². The van der Waals surface area contributed by atoms with Crippen molar-refractivity contribution in [1.82, 2.24) is 4.90 Å². The number of carboxylic acid groups (broad SMARTS) is 1. The number of amides is 1. The van der Waals surface area contributed by atoms with Crippen LogP contribution in [0.1, 0.15) is 0 Å². The van der Waals surface area contributed by atoms with E-state index in [0.29, 0.717) is 0 Å². The molecule has 1 aromatic carbocycles. The Hall–Kier alpha value is -2.14. The van der Waals surface area contributed by atoms with Gasteiger partial charge in [0.15, 0.2) is 5.69 Å². The Balaban J connectivity index is 2.21. The highest BCUT2D eigenvalue weighted by molar-refractivity contribution is 9.10. The maximum absolute atomic E-state index is 14.1. The largest absolute Gasteiger partial charge is 0.494 e. The second-order valence-corrected chi connectivity index (χ2v) is 5.81. The third-order valence-electron chi connectivity index (χ3n) is 3.48.